The number of benzene rings is 2. The van der Waals surface area contributed by atoms with Gasteiger partial charge in [0.25, 0.3) is 5.69 Å². The van der Waals surface area contributed by atoms with Gasteiger partial charge in [0, 0.05) is 17.1 Å². The molecule has 2 aromatic carbocycles. The van der Waals surface area contributed by atoms with E-state index in [9.17, 15) is 18.5 Å². The zero-order valence-electron chi connectivity index (χ0n) is 11.9. The first-order valence-corrected chi connectivity index (χ1v) is 8.66. The molecule has 0 heterocycles. The Morgan fingerprint density at radius 1 is 1.17 bits per heavy atom. The normalized spacial score (nSPS) is 12.8. The van der Waals surface area contributed by atoms with Crippen LogP contribution in [-0.4, -0.2) is 13.3 Å². The van der Waals surface area contributed by atoms with Crippen molar-refractivity contribution in [1.82, 2.24) is 4.72 Å². The van der Waals surface area contributed by atoms with Gasteiger partial charge in [-0.3, -0.25) is 10.1 Å². The standard InChI is InChI=1S/C14H12Cl2N2O4S/c1-9(10-3-2-4-11(15)7-10)17-23(21,22)12-5-6-13(16)14(8-12)18(19)20/h2-9,17H,1H3/t9-/m0/s1. The first-order valence-electron chi connectivity index (χ1n) is 6.42. The third-order valence-corrected chi connectivity index (χ3v) is 5.20. The van der Waals surface area contributed by atoms with E-state index < -0.39 is 26.7 Å². The zero-order chi connectivity index (χ0) is 17.2. The summed E-state index contributed by atoms with van der Waals surface area (Å²) in [5.41, 5.74) is 0.203. The summed E-state index contributed by atoms with van der Waals surface area (Å²) in [6.45, 7) is 1.65. The maximum atomic E-state index is 12.4. The van der Waals surface area contributed by atoms with E-state index in [-0.39, 0.29) is 9.92 Å². The Morgan fingerprint density at radius 3 is 2.48 bits per heavy atom. The monoisotopic (exact) mass is 374 g/mol. The summed E-state index contributed by atoms with van der Waals surface area (Å²) < 4.78 is 27.2. The highest BCUT2D eigenvalue weighted by atomic mass is 35.5. The van der Waals surface area contributed by atoms with Crippen LogP contribution >= 0.6 is 23.2 Å². The Balaban J connectivity index is 2.32. The molecule has 1 N–H and O–H groups in total. The highest BCUT2D eigenvalue weighted by Gasteiger charge is 2.22. The van der Waals surface area contributed by atoms with Crippen molar-refractivity contribution in [3.63, 3.8) is 0 Å². The molecule has 6 nitrogen and oxygen atoms in total. The van der Waals surface area contributed by atoms with Crippen LogP contribution in [0.1, 0.15) is 18.5 Å². The predicted octanol–water partition coefficient (Wildman–Crippen LogP) is 3.94. The molecule has 0 saturated carbocycles. The number of nitrogens with one attached hydrogen (secondary N) is 1. The van der Waals surface area contributed by atoms with Gasteiger partial charge in [0.15, 0.2) is 0 Å². The minimum absolute atomic E-state index is 0.128. The number of halogens is 2. The molecule has 0 saturated heterocycles. The Bertz CT molecular complexity index is 856. The van der Waals surface area contributed by atoms with Crippen molar-refractivity contribution in [2.45, 2.75) is 17.9 Å². The van der Waals surface area contributed by atoms with Crippen molar-refractivity contribution in [3.8, 4) is 0 Å². The first-order chi connectivity index (χ1) is 10.7. The van der Waals surface area contributed by atoms with Gasteiger partial charge in [0.05, 0.1) is 9.82 Å². The minimum Gasteiger partial charge on any atom is -0.258 e. The van der Waals surface area contributed by atoms with E-state index in [1.807, 2.05) is 0 Å². The Hall–Kier alpha value is -1.67. The molecule has 0 aromatic heterocycles. The zero-order valence-corrected chi connectivity index (χ0v) is 14.2. The highest BCUT2D eigenvalue weighted by Crippen LogP contribution is 2.28. The fourth-order valence-corrected chi connectivity index (χ4v) is 3.58. The molecule has 23 heavy (non-hydrogen) atoms. The molecule has 0 fully saturated rings. The number of rotatable bonds is 5. The van der Waals surface area contributed by atoms with Crippen LogP contribution in [0.4, 0.5) is 5.69 Å². The lowest BCUT2D eigenvalue weighted by Gasteiger charge is -2.15. The molecule has 0 bridgehead atoms. The van der Waals surface area contributed by atoms with Crippen LogP contribution in [0.2, 0.25) is 10.0 Å². The summed E-state index contributed by atoms with van der Waals surface area (Å²) in [5, 5.41) is 11.2. The lowest BCUT2D eigenvalue weighted by Crippen LogP contribution is -2.27. The Morgan fingerprint density at radius 2 is 1.87 bits per heavy atom. The second-order valence-corrected chi connectivity index (χ2v) is 7.33. The third-order valence-electron chi connectivity index (χ3n) is 3.11. The molecule has 0 amide bonds. The summed E-state index contributed by atoms with van der Waals surface area (Å²) >= 11 is 11.6. The van der Waals surface area contributed by atoms with Gasteiger partial charge in [-0.2, -0.15) is 0 Å². The van der Waals surface area contributed by atoms with E-state index in [1.165, 1.54) is 12.1 Å². The maximum absolute atomic E-state index is 12.4. The Kier molecular flexibility index (Phi) is 5.26. The van der Waals surface area contributed by atoms with Gasteiger partial charge in [0.1, 0.15) is 5.02 Å². The summed E-state index contributed by atoms with van der Waals surface area (Å²) in [5.74, 6) is 0. The van der Waals surface area contributed by atoms with E-state index >= 15 is 0 Å². The van der Waals surface area contributed by atoms with Crippen molar-refractivity contribution in [3.05, 3.63) is 68.2 Å². The molecular weight excluding hydrogens is 363 g/mol. The summed E-state index contributed by atoms with van der Waals surface area (Å²) in [7, 11) is -3.95. The van der Waals surface area contributed by atoms with Crippen molar-refractivity contribution in [1.29, 1.82) is 0 Å². The van der Waals surface area contributed by atoms with Crippen molar-refractivity contribution < 1.29 is 13.3 Å². The molecule has 0 unspecified atom stereocenters. The molecule has 1 atom stereocenters. The van der Waals surface area contributed by atoms with Gasteiger partial charge in [-0.1, -0.05) is 35.3 Å². The van der Waals surface area contributed by atoms with E-state index in [2.05, 4.69) is 4.72 Å². The van der Waals surface area contributed by atoms with Crippen molar-refractivity contribution in [2.75, 3.05) is 0 Å². The molecule has 9 heteroatoms. The van der Waals surface area contributed by atoms with Crippen LogP contribution in [0.5, 0.6) is 0 Å². The van der Waals surface area contributed by atoms with Crippen molar-refractivity contribution >= 4 is 38.9 Å². The topological polar surface area (TPSA) is 89.3 Å². The molecule has 122 valence electrons. The van der Waals surface area contributed by atoms with Gasteiger partial charge >= 0.3 is 0 Å². The second-order valence-electron chi connectivity index (χ2n) is 4.77. The van der Waals surface area contributed by atoms with Gasteiger partial charge in [-0.05, 0) is 36.8 Å². The van der Waals surface area contributed by atoms with E-state index in [1.54, 1.807) is 31.2 Å². The molecule has 0 aliphatic heterocycles. The highest BCUT2D eigenvalue weighted by molar-refractivity contribution is 7.89. The quantitative estimate of drug-likeness (QED) is 0.633. The van der Waals surface area contributed by atoms with E-state index in [0.29, 0.717) is 10.6 Å². The summed E-state index contributed by atoms with van der Waals surface area (Å²) in [4.78, 5) is 9.91. The van der Waals surface area contributed by atoms with Crippen LogP contribution in [0.15, 0.2) is 47.4 Å². The van der Waals surface area contributed by atoms with Gasteiger partial charge in [0.2, 0.25) is 10.0 Å². The lowest BCUT2D eigenvalue weighted by atomic mass is 10.1. The first kappa shape index (κ1) is 17.7. The number of hydrogen-bond donors (Lipinski definition) is 1. The fraction of sp³-hybridized carbons (Fsp3) is 0.143. The molecule has 0 aliphatic carbocycles. The third kappa shape index (κ3) is 4.20. The van der Waals surface area contributed by atoms with Crippen LogP contribution in [0.3, 0.4) is 0 Å². The average Bonchev–Trinajstić information content (AvgIpc) is 2.46. The number of sulfonamides is 1. The average molecular weight is 375 g/mol. The Labute approximate surface area is 143 Å². The lowest BCUT2D eigenvalue weighted by molar-refractivity contribution is -0.384. The van der Waals surface area contributed by atoms with Crippen LogP contribution in [0, 0.1) is 10.1 Å². The van der Waals surface area contributed by atoms with E-state index in [0.717, 1.165) is 6.07 Å². The number of hydrogen-bond acceptors (Lipinski definition) is 4. The predicted molar refractivity (Wildman–Crippen MR) is 88.3 cm³/mol. The number of nitro groups is 1. The summed E-state index contributed by atoms with van der Waals surface area (Å²) in [6, 6.07) is 9.50. The fourth-order valence-electron chi connectivity index (χ4n) is 1.94. The van der Waals surface area contributed by atoms with Gasteiger partial charge in [-0.15, -0.1) is 0 Å². The molecule has 2 aromatic rings. The molecule has 0 spiro atoms. The smallest absolute Gasteiger partial charge is 0.258 e. The van der Waals surface area contributed by atoms with Gasteiger partial charge in [-0.25, -0.2) is 13.1 Å². The minimum atomic E-state index is -3.95. The SMILES string of the molecule is C[C@H](NS(=O)(=O)c1ccc(Cl)c([N+](=O)[O-])c1)c1cccc(Cl)c1. The number of nitro benzene ring substituents is 1. The maximum Gasteiger partial charge on any atom is 0.289 e. The summed E-state index contributed by atoms with van der Waals surface area (Å²) in [6.07, 6.45) is 0. The second kappa shape index (κ2) is 6.84. The van der Waals surface area contributed by atoms with Crippen LogP contribution in [0.25, 0.3) is 0 Å². The van der Waals surface area contributed by atoms with Crippen LogP contribution < -0.4 is 4.72 Å². The van der Waals surface area contributed by atoms with Gasteiger partial charge < -0.3 is 0 Å². The molecule has 2 rings (SSSR count). The molecule has 0 aliphatic rings. The molecular formula is C14H12Cl2N2O4S. The van der Waals surface area contributed by atoms with Crippen LogP contribution in [-0.2, 0) is 10.0 Å². The largest absolute Gasteiger partial charge is 0.289 e. The van der Waals surface area contributed by atoms with Crippen molar-refractivity contribution in [2.24, 2.45) is 0 Å². The molecule has 0 radical (unpaired) electrons. The van der Waals surface area contributed by atoms with E-state index in [4.69, 9.17) is 23.2 Å². The number of nitrogens with zero attached hydrogens (tertiary/aromatic N) is 1.